The Balaban J connectivity index is 1.67. The molecule has 0 aromatic heterocycles. The van der Waals surface area contributed by atoms with Crippen molar-refractivity contribution in [2.45, 2.75) is 12.1 Å². The molecule has 2 aliphatic heterocycles. The van der Waals surface area contributed by atoms with Crippen LogP contribution in [0, 0.1) is 0 Å². The number of β-lactam (4-membered cyclic amide) rings is 1. The predicted molar refractivity (Wildman–Crippen MR) is 137 cm³/mol. The molecule has 2 aliphatic rings. The first-order chi connectivity index (χ1) is 18.4. The third-order valence-electron chi connectivity index (χ3n) is 6.85. The highest BCUT2D eigenvalue weighted by Crippen LogP contribution is 2.50. The van der Waals surface area contributed by atoms with E-state index in [4.69, 9.17) is 23.7 Å². The number of anilines is 1. The number of fused-ring (bicyclic) bond motifs is 1. The number of rotatable bonds is 8. The first-order valence-electron chi connectivity index (χ1n) is 11.7. The summed E-state index contributed by atoms with van der Waals surface area (Å²) in [7, 11) is 7.47. The Morgan fingerprint density at radius 2 is 1.18 bits per heavy atom. The zero-order valence-electron chi connectivity index (χ0n) is 21.5. The molecule has 0 spiro atoms. The van der Waals surface area contributed by atoms with Gasteiger partial charge in [-0.15, -0.1) is 0 Å². The van der Waals surface area contributed by atoms with Crippen LogP contribution in [0.1, 0.15) is 32.3 Å². The minimum absolute atomic E-state index is 0.259. The Labute approximate surface area is 219 Å². The van der Waals surface area contributed by atoms with Crippen LogP contribution < -0.4 is 28.6 Å². The molecule has 38 heavy (non-hydrogen) atoms. The minimum Gasteiger partial charge on any atom is -0.497 e. The second-order valence-electron chi connectivity index (χ2n) is 8.62. The van der Waals surface area contributed by atoms with Gasteiger partial charge in [-0.05, 0) is 42.0 Å². The van der Waals surface area contributed by atoms with Crippen molar-refractivity contribution in [2.75, 3.05) is 40.4 Å². The van der Waals surface area contributed by atoms with Gasteiger partial charge in [0.1, 0.15) is 17.5 Å². The Bertz CT molecular complexity index is 1390. The highest BCUT2D eigenvalue weighted by atomic mass is 16.5. The number of hydrogen-bond donors (Lipinski definition) is 0. The number of nitrogens with zero attached hydrogens (tertiary/aromatic N) is 2. The van der Waals surface area contributed by atoms with Gasteiger partial charge in [-0.25, -0.2) is 0 Å². The summed E-state index contributed by atoms with van der Waals surface area (Å²) < 4.78 is 27.4. The topological polar surface area (TPSA) is 104 Å². The number of ether oxygens (including phenoxy) is 5. The van der Waals surface area contributed by atoms with Gasteiger partial charge < -0.3 is 23.7 Å². The van der Waals surface area contributed by atoms with E-state index in [1.165, 1.54) is 40.4 Å². The average molecular weight is 519 g/mol. The molecule has 10 heteroatoms. The van der Waals surface area contributed by atoms with Crippen LogP contribution in [-0.2, 0) is 4.79 Å². The molecule has 3 amide bonds. The van der Waals surface area contributed by atoms with Gasteiger partial charge in [0.25, 0.3) is 17.7 Å². The Morgan fingerprint density at radius 3 is 1.68 bits per heavy atom. The van der Waals surface area contributed by atoms with Crippen LogP contribution in [0.25, 0.3) is 0 Å². The second-order valence-corrected chi connectivity index (χ2v) is 8.62. The van der Waals surface area contributed by atoms with E-state index in [0.717, 1.165) is 4.90 Å². The Kier molecular flexibility index (Phi) is 6.31. The van der Waals surface area contributed by atoms with E-state index in [9.17, 15) is 14.4 Å². The molecule has 3 aromatic rings. The van der Waals surface area contributed by atoms with E-state index >= 15 is 0 Å². The van der Waals surface area contributed by atoms with Gasteiger partial charge in [-0.3, -0.25) is 24.2 Å². The fraction of sp³-hybridized carbons (Fsp3) is 0.250. The molecule has 2 heterocycles. The van der Waals surface area contributed by atoms with E-state index in [-0.39, 0.29) is 11.1 Å². The molecule has 2 atom stereocenters. The van der Waals surface area contributed by atoms with E-state index in [0.29, 0.717) is 40.0 Å². The lowest BCUT2D eigenvalue weighted by Gasteiger charge is -2.50. The van der Waals surface area contributed by atoms with Crippen LogP contribution >= 0.6 is 0 Å². The van der Waals surface area contributed by atoms with Crippen LogP contribution in [0.3, 0.4) is 0 Å². The van der Waals surface area contributed by atoms with Crippen molar-refractivity contribution in [3.63, 3.8) is 0 Å². The van der Waals surface area contributed by atoms with E-state index in [1.807, 2.05) is 0 Å². The van der Waals surface area contributed by atoms with Gasteiger partial charge in [0, 0.05) is 6.07 Å². The third-order valence-corrected chi connectivity index (χ3v) is 6.85. The summed E-state index contributed by atoms with van der Waals surface area (Å²) in [6, 6.07) is 13.1. The summed E-state index contributed by atoms with van der Waals surface area (Å²) in [5, 5.41) is 0. The SMILES string of the molecule is COc1ccc(N2C(=O)[C@H](N3C(=O)c4ccccc4C3=O)[C@@H]2c2cc(OC)c(OC)c(OC)c2)c(OC)c1. The maximum absolute atomic E-state index is 13.8. The number of imide groups is 1. The summed E-state index contributed by atoms with van der Waals surface area (Å²) >= 11 is 0. The van der Waals surface area contributed by atoms with Crippen molar-refractivity contribution in [3.8, 4) is 28.7 Å². The van der Waals surface area contributed by atoms with Gasteiger partial charge in [0.2, 0.25) is 5.75 Å². The predicted octanol–water partition coefficient (Wildman–Crippen LogP) is 3.48. The molecule has 3 aromatic carbocycles. The fourth-order valence-electron chi connectivity index (χ4n) is 5.04. The zero-order chi connectivity index (χ0) is 27.1. The van der Waals surface area contributed by atoms with Crippen molar-refractivity contribution in [3.05, 3.63) is 71.3 Å². The van der Waals surface area contributed by atoms with Crippen molar-refractivity contribution in [1.29, 1.82) is 0 Å². The third kappa shape index (κ3) is 3.60. The molecule has 0 aliphatic carbocycles. The van der Waals surface area contributed by atoms with Crippen LogP contribution in [0.2, 0.25) is 0 Å². The average Bonchev–Trinajstić information content (AvgIpc) is 3.20. The fourth-order valence-corrected chi connectivity index (χ4v) is 5.04. The monoisotopic (exact) mass is 518 g/mol. The largest absolute Gasteiger partial charge is 0.497 e. The normalized spacial score (nSPS) is 18.2. The molecule has 0 unspecified atom stereocenters. The molecule has 0 radical (unpaired) electrons. The Hall–Kier alpha value is -4.73. The molecular weight excluding hydrogens is 492 g/mol. The van der Waals surface area contributed by atoms with Crippen LogP contribution in [0.4, 0.5) is 5.69 Å². The molecule has 10 nitrogen and oxygen atoms in total. The summed E-state index contributed by atoms with van der Waals surface area (Å²) in [5.41, 5.74) is 1.53. The number of hydrogen-bond acceptors (Lipinski definition) is 8. The van der Waals surface area contributed by atoms with Gasteiger partial charge in [-0.1, -0.05) is 12.1 Å². The van der Waals surface area contributed by atoms with Crippen LogP contribution in [-0.4, -0.2) is 64.2 Å². The number of amides is 3. The van der Waals surface area contributed by atoms with Crippen molar-refractivity contribution < 1.29 is 38.1 Å². The van der Waals surface area contributed by atoms with Crippen LogP contribution in [0.5, 0.6) is 28.7 Å². The molecule has 1 saturated heterocycles. The smallest absolute Gasteiger partial charge is 0.262 e. The maximum atomic E-state index is 13.8. The molecule has 5 rings (SSSR count). The molecule has 1 fully saturated rings. The lowest BCUT2D eigenvalue weighted by Crippen LogP contribution is -2.67. The highest BCUT2D eigenvalue weighted by molar-refractivity contribution is 6.24. The van der Waals surface area contributed by atoms with Crippen molar-refractivity contribution in [1.82, 2.24) is 4.90 Å². The van der Waals surface area contributed by atoms with Gasteiger partial charge in [0.15, 0.2) is 11.5 Å². The molecule has 0 saturated carbocycles. The van der Waals surface area contributed by atoms with E-state index < -0.39 is 29.8 Å². The highest BCUT2D eigenvalue weighted by Gasteiger charge is 2.58. The van der Waals surface area contributed by atoms with E-state index in [1.54, 1.807) is 54.6 Å². The summed E-state index contributed by atoms with van der Waals surface area (Å²) in [5.74, 6) is 0.533. The second kappa shape index (κ2) is 9.62. The number of carbonyl (C=O) groups is 3. The van der Waals surface area contributed by atoms with Gasteiger partial charge in [-0.2, -0.15) is 0 Å². The summed E-state index contributed by atoms with van der Waals surface area (Å²) in [6.07, 6.45) is 0. The summed E-state index contributed by atoms with van der Waals surface area (Å²) in [6.45, 7) is 0. The number of carbonyl (C=O) groups excluding carboxylic acids is 3. The Morgan fingerprint density at radius 1 is 0.605 bits per heavy atom. The lowest BCUT2D eigenvalue weighted by molar-refractivity contribution is -0.130. The van der Waals surface area contributed by atoms with E-state index in [2.05, 4.69) is 0 Å². The standard InChI is InChI=1S/C28H26N2O8/c1-34-16-10-11-19(20(14-16)35-2)29-23(15-12-21(36-3)25(38-5)22(13-15)37-4)24(28(29)33)30-26(31)17-8-6-7-9-18(17)27(30)32/h6-14,23-24H,1-5H3/t23-,24+/m0/s1. The summed E-state index contributed by atoms with van der Waals surface area (Å²) in [4.78, 5) is 43.1. The van der Waals surface area contributed by atoms with Crippen molar-refractivity contribution >= 4 is 23.4 Å². The maximum Gasteiger partial charge on any atom is 0.262 e. The molecule has 0 N–H and O–H groups in total. The molecule has 0 bridgehead atoms. The first-order valence-corrected chi connectivity index (χ1v) is 11.7. The van der Waals surface area contributed by atoms with Crippen molar-refractivity contribution in [2.24, 2.45) is 0 Å². The first kappa shape index (κ1) is 24.9. The lowest BCUT2D eigenvalue weighted by atomic mass is 9.85. The molecule has 196 valence electrons. The van der Waals surface area contributed by atoms with Crippen LogP contribution in [0.15, 0.2) is 54.6 Å². The quantitative estimate of drug-likeness (QED) is 0.330. The number of benzene rings is 3. The molecular formula is C28H26N2O8. The zero-order valence-corrected chi connectivity index (χ0v) is 21.5. The number of methoxy groups -OCH3 is 5. The van der Waals surface area contributed by atoms with Gasteiger partial charge >= 0.3 is 0 Å². The van der Waals surface area contributed by atoms with Gasteiger partial charge in [0.05, 0.1) is 58.4 Å². The minimum atomic E-state index is -1.11.